The van der Waals surface area contributed by atoms with Crippen LogP contribution in [-0.2, 0) is 4.74 Å². The summed E-state index contributed by atoms with van der Waals surface area (Å²) in [6, 6.07) is 2.26. The Labute approximate surface area is 92.2 Å². The van der Waals surface area contributed by atoms with Gasteiger partial charge in [-0.1, -0.05) is 0 Å². The van der Waals surface area contributed by atoms with Gasteiger partial charge in [-0.15, -0.1) is 0 Å². The number of esters is 1. The first-order chi connectivity index (χ1) is 6.99. The van der Waals surface area contributed by atoms with E-state index < -0.39 is 29.3 Å². The van der Waals surface area contributed by atoms with Crippen LogP contribution < -0.4 is 0 Å². The van der Waals surface area contributed by atoms with Gasteiger partial charge in [-0.25, -0.2) is 18.0 Å². The van der Waals surface area contributed by atoms with Gasteiger partial charge in [0.2, 0.25) is 0 Å². The molecule has 0 saturated carbocycles. The normalized spacial score (nSPS) is 10.5. The Morgan fingerprint density at radius 2 is 2.07 bits per heavy atom. The zero-order valence-electron chi connectivity index (χ0n) is 7.56. The third-order valence-corrected chi connectivity index (χ3v) is 2.37. The average Bonchev–Trinajstić information content (AvgIpc) is 2.20. The summed E-state index contributed by atoms with van der Waals surface area (Å²) in [4.78, 5) is 11.1. The molecule has 0 aromatic heterocycles. The second-order valence-corrected chi connectivity index (χ2v) is 3.47. The third-order valence-electron chi connectivity index (χ3n) is 1.76. The van der Waals surface area contributed by atoms with Crippen molar-refractivity contribution >= 4 is 21.9 Å². The van der Waals surface area contributed by atoms with E-state index in [2.05, 4.69) is 20.7 Å². The molecule has 0 amide bonds. The molecule has 2 nitrogen and oxygen atoms in total. The van der Waals surface area contributed by atoms with Gasteiger partial charge in [0.15, 0.2) is 0 Å². The van der Waals surface area contributed by atoms with Crippen molar-refractivity contribution in [2.75, 3.05) is 7.11 Å². The number of rotatable bonds is 2. The highest BCUT2D eigenvalue weighted by atomic mass is 79.9. The van der Waals surface area contributed by atoms with E-state index in [1.807, 2.05) is 0 Å². The molecule has 0 heterocycles. The van der Waals surface area contributed by atoms with E-state index in [0.717, 1.165) is 13.2 Å². The number of methoxy groups -OCH3 is 1. The number of hydrogen-bond acceptors (Lipinski definition) is 2. The van der Waals surface area contributed by atoms with Gasteiger partial charge in [0.05, 0.1) is 22.7 Å². The smallest absolute Gasteiger partial charge is 0.338 e. The Hall–Kier alpha value is -1.04. The molecule has 0 fully saturated rings. The van der Waals surface area contributed by atoms with E-state index in [-0.39, 0.29) is 4.47 Å². The fourth-order valence-electron chi connectivity index (χ4n) is 1.07. The minimum absolute atomic E-state index is 0.120. The summed E-state index contributed by atoms with van der Waals surface area (Å²) >= 11 is 2.76. The fraction of sp³-hybridized carbons (Fsp3) is 0.222. The van der Waals surface area contributed by atoms with Crippen LogP contribution in [0.4, 0.5) is 13.2 Å². The van der Waals surface area contributed by atoms with Gasteiger partial charge in [-0.3, -0.25) is 0 Å². The molecule has 0 unspecified atom stereocenters. The molecular formula is C9H6BrF3O2. The molecule has 0 radical (unpaired) electrons. The van der Waals surface area contributed by atoms with Crippen LogP contribution in [-0.4, -0.2) is 13.1 Å². The van der Waals surface area contributed by atoms with Crippen LogP contribution in [0.3, 0.4) is 0 Å². The molecule has 0 aliphatic carbocycles. The standard InChI is InChI=1S/C9H6BrF3O2/c1-15-9(14)4-2-3-5(10)7(11)6(4)8(12)13/h2-3,8H,1H3. The lowest BCUT2D eigenvalue weighted by Crippen LogP contribution is -2.08. The second kappa shape index (κ2) is 4.65. The van der Waals surface area contributed by atoms with E-state index in [1.165, 1.54) is 6.07 Å². The van der Waals surface area contributed by atoms with Crippen molar-refractivity contribution in [2.24, 2.45) is 0 Å². The van der Waals surface area contributed by atoms with Gasteiger partial charge < -0.3 is 4.74 Å². The van der Waals surface area contributed by atoms with E-state index in [9.17, 15) is 18.0 Å². The van der Waals surface area contributed by atoms with Crippen LogP contribution in [0.5, 0.6) is 0 Å². The zero-order valence-corrected chi connectivity index (χ0v) is 9.15. The average molecular weight is 283 g/mol. The minimum Gasteiger partial charge on any atom is -0.465 e. The van der Waals surface area contributed by atoms with E-state index in [4.69, 9.17) is 0 Å². The predicted octanol–water partition coefficient (Wildman–Crippen LogP) is 3.31. The van der Waals surface area contributed by atoms with E-state index >= 15 is 0 Å². The fourth-order valence-corrected chi connectivity index (χ4v) is 1.41. The van der Waals surface area contributed by atoms with Gasteiger partial charge >= 0.3 is 5.97 Å². The largest absolute Gasteiger partial charge is 0.465 e. The Balaban J connectivity index is 3.40. The summed E-state index contributed by atoms with van der Waals surface area (Å²) in [6.07, 6.45) is -3.07. The lowest BCUT2D eigenvalue weighted by Gasteiger charge is -2.09. The van der Waals surface area contributed by atoms with Crippen molar-refractivity contribution in [1.29, 1.82) is 0 Å². The number of carbonyl (C=O) groups is 1. The molecule has 1 aromatic carbocycles. The van der Waals surface area contributed by atoms with Gasteiger partial charge in [0.25, 0.3) is 6.43 Å². The number of alkyl halides is 2. The molecule has 6 heteroatoms. The Morgan fingerprint density at radius 3 is 2.53 bits per heavy atom. The minimum atomic E-state index is -3.07. The summed E-state index contributed by atoms with van der Waals surface area (Å²) in [7, 11) is 1.04. The van der Waals surface area contributed by atoms with Crippen LogP contribution in [0.1, 0.15) is 22.3 Å². The van der Waals surface area contributed by atoms with Crippen molar-refractivity contribution in [2.45, 2.75) is 6.43 Å². The van der Waals surface area contributed by atoms with Gasteiger partial charge in [0, 0.05) is 0 Å². The lowest BCUT2D eigenvalue weighted by atomic mass is 10.1. The second-order valence-electron chi connectivity index (χ2n) is 2.61. The monoisotopic (exact) mass is 282 g/mol. The van der Waals surface area contributed by atoms with Crippen LogP contribution in [0.15, 0.2) is 16.6 Å². The molecule has 82 valence electrons. The van der Waals surface area contributed by atoms with Gasteiger partial charge in [-0.05, 0) is 28.1 Å². The summed E-state index contributed by atoms with van der Waals surface area (Å²) in [6.45, 7) is 0. The summed E-state index contributed by atoms with van der Waals surface area (Å²) < 4.78 is 42.4. The number of ether oxygens (including phenoxy) is 1. The van der Waals surface area contributed by atoms with Gasteiger partial charge in [0.1, 0.15) is 5.82 Å². The van der Waals surface area contributed by atoms with E-state index in [1.54, 1.807) is 0 Å². The number of carbonyl (C=O) groups excluding carboxylic acids is 1. The first kappa shape index (κ1) is 12.0. The molecule has 0 aliphatic rings. The molecule has 0 aliphatic heterocycles. The van der Waals surface area contributed by atoms with Crippen molar-refractivity contribution in [3.63, 3.8) is 0 Å². The molecule has 0 N–H and O–H groups in total. The van der Waals surface area contributed by atoms with Crippen molar-refractivity contribution < 1.29 is 22.7 Å². The maximum Gasteiger partial charge on any atom is 0.338 e. The van der Waals surface area contributed by atoms with Crippen molar-refractivity contribution in [3.8, 4) is 0 Å². The first-order valence-corrected chi connectivity index (χ1v) is 4.62. The highest BCUT2D eigenvalue weighted by Crippen LogP contribution is 2.30. The molecule has 15 heavy (non-hydrogen) atoms. The van der Waals surface area contributed by atoms with Crippen molar-refractivity contribution in [3.05, 3.63) is 33.5 Å². The van der Waals surface area contributed by atoms with Crippen LogP contribution >= 0.6 is 15.9 Å². The number of halogens is 4. The quantitative estimate of drug-likeness (QED) is 0.778. The topological polar surface area (TPSA) is 26.3 Å². The number of hydrogen-bond donors (Lipinski definition) is 0. The van der Waals surface area contributed by atoms with Crippen LogP contribution in [0, 0.1) is 5.82 Å². The maximum absolute atomic E-state index is 13.3. The predicted molar refractivity (Wildman–Crippen MR) is 50.4 cm³/mol. The Bertz CT molecular complexity index is 393. The van der Waals surface area contributed by atoms with Crippen LogP contribution in [0.2, 0.25) is 0 Å². The molecule has 0 saturated heterocycles. The lowest BCUT2D eigenvalue weighted by molar-refractivity contribution is 0.0587. The molecule has 0 atom stereocenters. The van der Waals surface area contributed by atoms with Crippen LogP contribution in [0.25, 0.3) is 0 Å². The Morgan fingerprint density at radius 1 is 1.47 bits per heavy atom. The summed E-state index contributed by atoms with van der Waals surface area (Å²) in [5, 5.41) is 0. The maximum atomic E-state index is 13.3. The highest BCUT2D eigenvalue weighted by molar-refractivity contribution is 9.10. The molecule has 1 aromatic rings. The van der Waals surface area contributed by atoms with E-state index in [0.29, 0.717) is 0 Å². The first-order valence-electron chi connectivity index (χ1n) is 3.83. The molecule has 0 spiro atoms. The highest BCUT2D eigenvalue weighted by Gasteiger charge is 2.24. The third kappa shape index (κ3) is 2.31. The van der Waals surface area contributed by atoms with Gasteiger partial charge in [-0.2, -0.15) is 0 Å². The Kier molecular flexibility index (Phi) is 3.73. The van der Waals surface area contributed by atoms with Crippen molar-refractivity contribution in [1.82, 2.24) is 0 Å². The molecule has 1 rings (SSSR count). The SMILES string of the molecule is COC(=O)c1ccc(Br)c(F)c1C(F)F. The zero-order chi connectivity index (χ0) is 11.6. The molecule has 0 bridgehead atoms. The number of benzene rings is 1. The molecular weight excluding hydrogens is 277 g/mol. The summed E-state index contributed by atoms with van der Waals surface area (Å²) in [5.74, 6) is -2.13. The summed E-state index contributed by atoms with van der Waals surface area (Å²) in [5.41, 5.74) is -1.41.